The van der Waals surface area contributed by atoms with Crippen LogP contribution in [0.4, 0.5) is 0 Å². The largest absolute Gasteiger partial charge is 0.467 e. The van der Waals surface area contributed by atoms with Crippen LogP contribution in [0.15, 0.2) is 16.3 Å². The molecule has 0 radical (unpaired) electrons. The maximum Gasteiger partial charge on any atom is 0.331 e. The van der Waals surface area contributed by atoms with E-state index in [9.17, 15) is 18.0 Å². The third-order valence-electron chi connectivity index (χ3n) is 5.71. The number of carbonyl (C=O) groups is 2. The van der Waals surface area contributed by atoms with Crippen LogP contribution < -0.4 is 5.32 Å². The Morgan fingerprint density at radius 1 is 1.21 bits per heavy atom. The smallest absolute Gasteiger partial charge is 0.331 e. The minimum absolute atomic E-state index is 0.141. The molecule has 2 heterocycles. The lowest BCUT2D eigenvalue weighted by atomic mass is 9.81. The van der Waals surface area contributed by atoms with Crippen molar-refractivity contribution in [3.8, 4) is 0 Å². The van der Waals surface area contributed by atoms with Gasteiger partial charge in [-0.15, -0.1) is 11.3 Å². The summed E-state index contributed by atoms with van der Waals surface area (Å²) in [4.78, 5) is 26.3. The predicted octanol–water partition coefficient (Wildman–Crippen LogP) is 2.45. The molecule has 1 aliphatic carbocycles. The quantitative estimate of drug-likeness (QED) is 0.727. The van der Waals surface area contributed by atoms with Gasteiger partial charge in [0.2, 0.25) is 5.91 Å². The van der Waals surface area contributed by atoms with Crippen LogP contribution >= 0.6 is 11.3 Å². The highest BCUT2D eigenvalue weighted by Gasteiger charge is 2.44. The highest BCUT2D eigenvalue weighted by Crippen LogP contribution is 2.32. The Balaban J connectivity index is 1.73. The van der Waals surface area contributed by atoms with Crippen LogP contribution in [0.5, 0.6) is 0 Å². The predicted molar refractivity (Wildman–Crippen MR) is 107 cm³/mol. The molecule has 0 aromatic carbocycles. The summed E-state index contributed by atoms with van der Waals surface area (Å²) in [6.45, 7) is 2.42. The van der Waals surface area contributed by atoms with Gasteiger partial charge in [-0.1, -0.05) is 19.3 Å². The van der Waals surface area contributed by atoms with Gasteiger partial charge in [0.25, 0.3) is 10.0 Å². The first kappa shape index (κ1) is 21.3. The van der Waals surface area contributed by atoms with Crippen molar-refractivity contribution in [1.82, 2.24) is 9.62 Å². The summed E-state index contributed by atoms with van der Waals surface area (Å²) >= 11 is 1.24. The number of sulfonamides is 1. The van der Waals surface area contributed by atoms with E-state index in [4.69, 9.17) is 4.74 Å². The molecule has 1 saturated heterocycles. The summed E-state index contributed by atoms with van der Waals surface area (Å²) in [7, 11) is -2.26. The number of aryl methyl sites for hydroxylation is 1. The Morgan fingerprint density at radius 2 is 1.93 bits per heavy atom. The third-order valence-corrected chi connectivity index (χ3v) is 9.04. The van der Waals surface area contributed by atoms with Crippen molar-refractivity contribution in [1.29, 1.82) is 0 Å². The Morgan fingerprint density at radius 3 is 2.54 bits per heavy atom. The molecule has 0 unspecified atom stereocenters. The monoisotopic (exact) mass is 428 g/mol. The second-order valence-corrected chi connectivity index (χ2v) is 11.1. The number of hydrogen-bond donors (Lipinski definition) is 1. The number of carbonyl (C=O) groups excluding carboxylic acids is 2. The molecular weight excluding hydrogens is 400 g/mol. The van der Waals surface area contributed by atoms with Crippen LogP contribution in [-0.2, 0) is 24.3 Å². The van der Waals surface area contributed by atoms with Crippen LogP contribution in [-0.4, -0.2) is 50.3 Å². The van der Waals surface area contributed by atoms with Crippen LogP contribution in [0.1, 0.15) is 49.8 Å². The van der Waals surface area contributed by atoms with Crippen LogP contribution in [0, 0.1) is 12.8 Å². The molecule has 1 aromatic heterocycles. The van der Waals surface area contributed by atoms with Crippen LogP contribution in [0.25, 0.3) is 0 Å². The maximum absolute atomic E-state index is 13.0. The number of ether oxygens (including phenoxy) is 1. The Hall–Kier alpha value is -1.45. The van der Waals surface area contributed by atoms with Crippen molar-refractivity contribution in [2.75, 3.05) is 20.2 Å². The van der Waals surface area contributed by atoms with E-state index in [1.165, 1.54) is 22.8 Å². The van der Waals surface area contributed by atoms with Gasteiger partial charge in [0.05, 0.1) is 13.0 Å². The van der Waals surface area contributed by atoms with Gasteiger partial charge in [0.15, 0.2) is 0 Å². The van der Waals surface area contributed by atoms with Gasteiger partial charge in [-0.05, 0) is 44.7 Å². The van der Waals surface area contributed by atoms with Crippen molar-refractivity contribution in [2.45, 2.75) is 61.6 Å². The molecule has 2 aliphatic rings. The molecule has 0 spiro atoms. The van der Waals surface area contributed by atoms with Crippen LogP contribution in [0.3, 0.4) is 0 Å². The average molecular weight is 429 g/mol. The Bertz CT molecular complexity index is 827. The molecule has 1 atom stereocenters. The molecule has 2 fully saturated rings. The van der Waals surface area contributed by atoms with Crippen molar-refractivity contribution in [3.05, 3.63) is 17.0 Å². The number of thiophene rings is 1. The molecule has 28 heavy (non-hydrogen) atoms. The highest BCUT2D eigenvalue weighted by atomic mass is 32.2. The summed E-state index contributed by atoms with van der Waals surface area (Å²) in [5, 5.41) is 2.94. The summed E-state index contributed by atoms with van der Waals surface area (Å²) in [5.41, 5.74) is -0.976. The van der Waals surface area contributed by atoms with Crippen LogP contribution in [0.2, 0.25) is 0 Å². The standard InChI is InChI=1S/C19H28N2O5S2/c1-14-8-9-16(27-14)28(24,25)21-12-6-7-15(13-21)17(22)20-19(18(23)26-2)10-4-3-5-11-19/h8-9,15H,3-7,10-13H2,1-2H3,(H,20,22)/t15-/m0/s1. The summed E-state index contributed by atoms with van der Waals surface area (Å²) in [6, 6.07) is 3.40. The minimum Gasteiger partial charge on any atom is -0.467 e. The van der Waals surface area contributed by atoms with Crippen molar-refractivity contribution in [3.63, 3.8) is 0 Å². The number of amides is 1. The molecule has 156 valence electrons. The van der Waals surface area contributed by atoms with E-state index in [1.54, 1.807) is 12.1 Å². The summed E-state index contributed by atoms with van der Waals surface area (Å²) in [5.74, 6) is -1.13. The lowest BCUT2D eigenvalue weighted by Gasteiger charge is -2.38. The first-order valence-corrected chi connectivity index (χ1v) is 12.0. The lowest BCUT2D eigenvalue weighted by Crippen LogP contribution is -2.58. The first-order chi connectivity index (χ1) is 13.3. The van der Waals surface area contributed by atoms with Gasteiger partial charge in [0.1, 0.15) is 9.75 Å². The zero-order valence-corrected chi connectivity index (χ0v) is 18.0. The SMILES string of the molecule is COC(=O)C1(NC(=O)[C@H]2CCCN(S(=O)(=O)c3ccc(C)s3)C2)CCCCC1. The highest BCUT2D eigenvalue weighted by molar-refractivity contribution is 7.91. The van der Waals surface area contributed by atoms with E-state index in [0.29, 0.717) is 36.4 Å². The van der Waals surface area contributed by atoms with E-state index < -0.39 is 27.4 Å². The van der Waals surface area contributed by atoms with Gasteiger partial charge in [-0.25, -0.2) is 13.2 Å². The topological polar surface area (TPSA) is 92.8 Å². The van der Waals surface area contributed by atoms with Crippen molar-refractivity contribution in [2.24, 2.45) is 5.92 Å². The summed E-state index contributed by atoms with van der Waals surface area (Å²) < 4.78 is 32.5. The normalized spacial score (nSPS) is 23.1. The fourth-order valence-electron chi connectivity index (χ4n) is 4.12. The Kier molecular flexibility index (Phi) is 6.46. The van der Waals surface area contributed by atoms with E-state index in [0.717, 1.165) is 24.1 Å². The molecule has 1 aromatic rings. The number of methoxy groups -OCH3 is 1. The fourth-order valence-corrected chi connectivity index (χ4v) is 7.08. The molecule has 7 nitrogen and oxygen atoms in total. The lowest BCUT2D eigenvalue weighted by molar-refractivity contribution is -0.153. The van der Waals surface area contributed by atoms with Crippen molar-refractivity contribution >= 4 is 33.2 Å². The fraction of sp³-hybridized carbons (Fsp3) is 0.684. The van der Waals surface area contributed by atoms with E-state index in [1.807, 2.05) is 6.92 Å². The van der Waals surface area contributed by atoms with Gasteiger partial charge in [-0.2, -0.15) is 4.31 Å². The second-order valence-electron chi connectivity index (χ2n) is 7.69. The third kappa shape index (κ3) is 4.26. The van der Waals surface area contributed by atoms with E-state index >= 15 is 0 Å². The Labute approximate surface area is 170 Å². The van der Waals surface area contributed by atoms with E-state index in [2.05, 4.69) is 5.32 Å². The number of nitrogens with one attached hydrogen (secondary N) is 1. The molecule has 0 bridgehead atoms. The molecule has 1 amide bonds. The maximum atomic E-state index is 13.0. The van der Waals surface area contributed by atoms with Crippen molar-refractivity contribution < 1.29 is 22.7 Å². The minimum atomic E-state index is -3.60. The molecule has 1 aliphatic heterocycles. The zero-order valence-electron chi connectivity index (χ0n) is 16.4. The molecule has 1 saturated carbocycles. The van der Waals surface area contributed by atoms with Gasteiger partial charge in [-0.3, -0.25) is 4.79 Å². The molecule has 9 heteroatoms. The van der Waals surface area contributed by atoms with E-state index in [-0.39, 0.29) is 12.5 Å². The molecular formula is C19H28N2O5S2. The second kappa shape index (κ2) is 8.51. The number of piperidine rings is 1. The zero-order chi connectivity index (χ0) is 20.4. The van der Waals surface area contributed by atoms with Gasteiger partial charge < -0.3 is 10.1 Å². The average Bonchev–Trinajstić information content (AvgIpc) is 3.15. The number of hydrogen-bond acceptors (Lipinski definition) is 6. The summed E-state index contributed by atoms with van der Waals surface area (Å²) in [6.07, 6.45) is 5.11. The number of nitrogens with zero attached hydrogens (tertiary/aromatic N) is 1. The molecule has 3 rings (SSSR count). The first-order valence-electron chi connectivity index (χ1n) is 9.75. The number of esters is 1. The molecule has 1 N–H and O–H groups in total. The van der Waals surface area contributed by atoms with Gasteiger partial charge >= 0.3 is 5.97 Å². The van der Waals surface area contributed by atoms with Gasteiger partial charge in [0, 0.05) is 18.0 Å². The number of rotatable bonds is 5.